The van der Waals surface area contributed by atoms with Gasteiger partial charge in [0, 0.05) is 5.38 Å². The van der Waals surface area contributed by atoms with Crippen LogP contribution in [0.15, 0.2) is 5.38 Å². The monoisotopic (exact) mass is 229 g/mol. The number of aliphatic hydroxyl groups is 1. The van der Waals surface area contributed by atoms with Gasteiger partial charge in [0.2, 0.25) is 5.91 Å². The Labute approximate surface area is 92.3 Å². The minimum absolute atomic E-state index is 0.332. The van der Waals surface area contributed by atoms with Gasteiger partial charge in [0.1, 0.15) is 6.04 Å². The number of aromatic nitrogens is 1. The van der Waals surface area contributed by atoms with Gasteiger partial charge in [0.05, 0.1) is 12.3 Å². The molecule has 1 amide bonds. The summed E-state index contributed by atoms with van der Waals surface area (Å²) in [7, 11) is 0. The third-order valence-electron chi connectivity index (χ3n) is 1.88. The average molecular weight is 229 g/mol. The molecule has 0 aliphatic carbocycles. The molecule has 0 aromatic carbocycles. The second kappa shape index (κ2) is 5.20. The van der Waals surface area contributed by atoms with Crippen LogP contribution in [0.3, 0.4) is 0 Å². The molecule has 0 aliphatic rings. The van der Waals surface area contributed by atoms with Gasteiger partial charge in [-0.25, -0.2) is 4.98 Å². The number of nitrogens with one attached hydrogen (secondary N) is 1. The highest BCUT2D eigenvalue weighted by Gasteiger charge is 2.14. The van der Waals surface area contributed by atoms with Gasteiger partial charge in [0.15, 0.2) is 5.13 Å². The highest BCUT2D eigenvalue weighted by atomic mass is 32.1. The first-order valence-corrected chi connectivity index (χ1v) is 5.55. The Kier molecular flexibility index (Phi) is 4.19. The number of nitrogens with two attached hydrogens (primary N) is 1. The van der Waals surface area contributed by atoms with Crippen LogP contribution in [0.5, 0.6) is 0 Å². The lowest BCUT2D eigenvalue weighted by molar-refractivity contribution is -0.118. The summed E-state index contributed by atoms with van der Waals surface area (Å²) >= 11 is 1.35. The summed E-state index contributed by atoms with van der Waals surface area (Å²) in [5.74, 6) is -0.0828. The second-order valence-corrected chi connectivity index (χ2v) is 4.37. The van der Waals surface area contributed by atoms with Gasteiger partial charge >= 0.3 is 0 Å². The van der Waals surface area contributed by atoms with Crippen molar-refractivity contribution in [3.63, 3.8) is 0 Å². The Morgan fingerprint density at radius 3 is 2.87 bits per heavy atom. The van der Waals surface area contributed by atoms with Crippen LogP contribution in [0.1, 0.15) is 25.5 Å². The Hall–Kier alpha value is -0.980. The fraction of sp³-hybridized carbons (Fsp3) is 0.556. The zero-order valence-corrected chi connectivity index (χ0v) is 9.54. The predicted octanol–water partition coefficient (Wildman–Crippen LogP) is 0.525. The molecule has 6 heteroatoms. The number of rotatable bonds is 4. The number of carbonyl (C=O) groups is 1. The lowest BCUT2D eigenvalue weighted by Crippen LogP contribution is -2.38. The maximum Gasteiger partial charge on any atom is 0.245 e. The third kappa shape index (κ3) is 3.26. The van der Waals surface area contributed by atoms with Gasteiger partial charge in [-0.1, -0.05) is 13.8 Å². The molecule has 0 spiro atoms. The first-order chi connectivity index (χ1) is 7.04. The number of hydrogen-bond acceptors (Lipinski definition) is 5. The first kappa shape index (κ1) is 12.1. The van der Waals surface area contributed by atoms with Crippen molar-refractivity contribution < 1.29 is 9.90 Å². The molecular formula is C9H15N3O2S. The van der Waals surface area contributed by atoms with E-state index in [0.717, 1.165) is 5.69 Å². The Morgan fingerprint density at radius 1 is 1.73 bits per heavy atom. The zero-order valence-electron chi connectivity index (χ0n) is 8.73. The normalized spacial score (nSPS) is 12.9. The summed E-state index contributed by atoms with van der Waals surface area (Å²) in [6, 6.07) is -0.892. The van der Waals surface area contributed by atoms with Crippen molar-refractivity contribution in [1.82, 2.24) is 4.98 Å². The summed E-state index contributed by atoms with van der Waals surface area (Å²) in [5, 5.41) is 13.6. The van der Waals surface area contributed by atoms with E-state index >= 15 is 0 Å². The molecule has 0 radical (unpaired) electrons. The van der Waals surface area contributed by atoms with Gasteiger partial charge in [-0.2, -0.15) is 0 Å². The molecule has 1 heterocycles. The van der Waals surface area contributed by atoms with E-state index in [0.29, 0.717) is 11.0 Å². The lowest BCUT2D eigenvalue weighted by atomic mass is 10.2. The van der Waals surface area contributed by atoms with Crippen molar-refractivity contribution in [1.29, 1.82) is 0 Å². The standard InChI is InChI=1S/C9H15N3O2S/c1-5(2)7-4-15-9(11-7)12-8(14)6(10)3-13/h4-6,13H,3,10H2,1-2H3,(H,11,12,14). The van der Waals surface area contributed by atoms with Gasteiger partial charge in [0.25, 0.3) is 0 Å². The van der Waals surface area contributed by atoms with Crippen molar-refractivity contribution in [2.45, 2.75) is 25.8 Å². The molecule has 1 aromatic heterocycles. The summed E-state index contributed by atoms with van der Waals surface area (Å²) in [5.41, 5.74) is 6.28. The number of anilines is 1. The van der Waals surface area contributed by atoms with Crippen LogP contribution in [0, 0.1) is 0 Å². The minimum atomic E-state index is -0.892. The smallest absolute Gasteiger partial charge is 0.245 e. The Morgan fingerprint density at radius 2 is 2.40 bits per heavy atom. The van der Waals surface area contributed by atoms with E-state index in [1.165, 1.54) is 11.3 Å². The highest BCUT2D eigenvalue weighted by molar-refractivity contribution is 7.13. The van der Waals surface area contributed by atoms with Crippen LogP contribution in [0.4, 0.5) is 5.13 Å². The maximum atomic E-state index is 11.3. The number of thiazole rings is 1. The van der Waals surface area contributed by atoms with Crippen LogP contribution in [0.25, 0.3) is 0 Å². The van der Waals surface area contributed by atoms with Crippen molar-refractivity contribution in [3.8, 4) is 0 Å². The van der Waals surface area contributed by atoms with E-state index in [4.69, 9.17) is 10.8 Å². The predicted molar refractivity (Wildman–Crippen MR) is 59.9 cm³/mol. The van der Waals surface area contributed by atoms with E-state index in [1.54, 1.807) is 0 Å². The SMILES string of the molecule is CC(C)c1csc(NC(=O)C(N)CO)n1. The van der Waals surface area contributed by atoms with Crippen molar-refractivity contribution >= 4 is 22.4 Å². The van der Waals surface area contributed by atoms with Crippen LogP contribution < -0.4 is 11.1 Å². The van der Waals surface area contributed by atoms with Gasteiger partial charge in [-0.05, 0) is 5.92 Å². The molecule has 1 aromatic rings. The molecule has 4 N–H and O–H groups in total. The molecule has 0 fully saturated rings. The zero-order chi connectivity index (χ0) is 11.4. The van der Waals surface area contributed by atoms with Crippen LogP contribution >= 0.6 is 11.3 Å². The number of hydrogen-bond donors (Lipinski definition) is 3. The van der Waals surface area contributed by atoms with Crippen LogP contribution in [-0.2, 0) is 4.79 Å². The molecule has 1 rings (SSSR count). The van der Waals surface area contributed by atoms with E-state index in [-0.39, 0.29) is 6.61 Å². The minimum Gasteiger partial charge on any atom is -0.394 e. The molecular weight excluding hydrogens is 214 g/mol. The number of aliphatic hydroxyl groups excluding tert-OH is 1. The number of amides is 1. The first-order valence-electron chi connectivity index (χ1n) is 4.67. The van der Waals surface area contributed by atoms with Gasteiger partial charge in [-0.3, -0.25) is 4.79 Å². The van der Waals surface area contributed by atoms with Crippen LogP contribution in [0.2, 0.25) is 0 Å². The largest absolute Gasteiger partial charge is 0.394 e. The fourth-order valence-corrected chi connectivity index (χ4v) is 1.76. The fourth-order valence-electron chi connectivity index (χ4n) is 0.890. The van der Waals surface area contributed by atoms with Crippen molar-refractivity contribution in [3.05, 3.63) is 11.1 Å². The molecule has 84 valence electrons. The van der Waals surface area contributed by atoms with Gasteiger partial charge < -0.3 is 16.2 Å². The van der Waals surface area contributed by atoms with Crippen LogP contribution in [-0.4, -0.2) is 28.6 Å². The quantitative estimate of drug-likeness (QED) is 0.702. The Balaban J connectivity index is 2.61. The molecule has 5 nitrogen and oxygen atoms in total. The number of carbonyl (C=O) groups excluding carboxylic acids is 1. The van der Waals surface area contributed by atoms with E-state index in [2.05, 4.69) is 10.3 Å². The summed E-state index contributed by atoms with van der Waals surface area (Å²) in [4.78, 5) is 15.5. The summed E-state index contributed by atoms with van der Waals surface area (Å²) < 4.78 is 0. The third-order valence-corrected chi connectivity index (χ3v) is 2.65. The topological polar surface area (TPSA) is 88.2 Å². The highest BCUT2D eigenvalue weighted by Crippen LogP contribution is 2.21. The Bertz CT molecular complexity index is 338. The number of nitrogens with zero attached hydrogens (tertiary/aromatic N) is 1. The maximum absolute atomic E-state index is 11.3. The van der Waals surface area contributed by atoms with Crippen molar-refractivity contribution in [2.24, 2.45) is 5.73 Å². The average Bonchev–Trinajstić information content (AvgIpc) is 2.65. The summed E-state index contributed by atoms with van der Waals surface area (Å²) in [6.45, 7) is 3.69. The molecule has 0 saturated carbocycles. The molecule has 15 heavy (non-hydrogen) atoms. The summed E-state index contributed by atoms with van der Waals surface area (Å²) in [6.07, 6.45) is 0. The molecule has 1 atom stereocenters. The second-order valence-electron chi connectivity index (χ2n) is 3.51. The van der Waals surface area contributed by atoms with E-state index in [1.807, 2.05) is 19.2 Å². The molecule has 0 bridgehead atoms. The molecule has 0 saturated heterocycles. The van der Waals surface area contributed by atoms with Crippen molar-refractivity contribution in [2.75, 3.05) is 11.9 Å². The lowest BCUT2D eigenvalue weighted by Gasteiger charge is -2.06. The molecule has 0 aliphatic heterocycles. The molecule has 1 unspecified atom stereocenters. The van der Waals surface area contributed by atoms with Gasteiger partial charge in [-0.15, -0.1) is 11.3 Å². The van der Waals surface area contributed by atoms with E-state index < -0.39 is 11.9 Å². The van der Waals surface area contributed by atoms with E-state index in [9.17, 15) is 4.79 Å².